The Bertz CT molecular complexity index is 744. The summed E-state index contributed by atoms with van der Waals surface area (Å²) >= 11 is 0. The zero-order valence-corrected chi connectivity index (χ0v) is 19.2. The van der Waals surface area contributed by atoms with Crippen LogP contribution < -0.4 is 18.9 Å². The number of benzene rings is 2. The number of rotatable bonds is 6. The topological polar surface area (TPSA) is 152 Å². The monoisotopic (exact) mass is 460 g/mol. The molecule has 0 unspecified atom stereocenters. The van der Waals surface area contributed by atoms with Crippen LogP contribution in [0.15, 0.2) is 24.3 Å². The first-order valence-electron chi connectivity index (χ1n) is 7.56. The van der Waals surface area contributed by atoms with Crippen molar-refractivity contribution in [2.75, 3.05) is 28.4 Å². The van der Waals surface area contributed by atoms with Crippen molar-refractivity contribution in [1.82, 2.24) is 0 Å². The predicted octanol–water partition coefficient (Wildman–Crippen LogP) is 2.21. The molecule has 0 saturated carbocycles. The molecule has 0 bridgehead atoms. The Morgan fingerprint density at radius 3 is 0.966 bits per heavy atom. The quantitative estimate of drug-likeness (QED) is 0.471. The molecule has 0 aromatic heterocycles. The second-order valence-corrected chi connectivity index (χ2v) is 5.07. The van der Waals surface area contributed by atoms with E-state index >= 15 is 0 Å². The van der Waals surface area contributed by atoms with E-state index in [1.54, 1.807) is 0 Å². The van der Waals surface area contributed by atoms with Gasteiger partial charge in [-0.3, -0.25) is 0 Å². The number of carboxylic acids is 2. The van der Waals surface area contributed by atoms with Gasteiger partial charge >= 0.3 is 11.9 Å². The summed E-state index contributed by atoms with van der Waals surface area (Å²) in [6, 6.07) is 4.89. The molecule has 0 amide bonds. The van der Waals surface area contributed by atoms with Gasteiger partial charge < -0.3 is 39.4 Å². The molecule has 4 N–H and O–H groups in total. The number of phenolic OH excluding ortho intramolecular Hbond substituents is 2. The molecule has 0 fully saturated rings. The van der Waals surface area contributed by atoms with Gasteiger partial charge in [-0.25, -0.2) is 9.59 Å². The number of hydrogen-bond donors (Lipinski definition) is 4. The third-order valence-electron chi connectivity index (χ3n) is 3.45. The Hall–Kier alpha value is -3.20. The number of ether oxygens (including phenoxy) is 4. The molecular weight excluding hydrogens is 442 g/mol. The smallest absolute Gasteiger partial charge is 0.335 e. The standard InChI is InChI=1S/2C9H10O5.Zn/c2*1-13-6-3-5(9(11)12)4-7(14-2)8(6)10;/h2*3-4,10H,1-2H3,(H,11,12);. The molecule has 0 aliphatic heterocycles. The van der Waals surface area contributed by atoms with E-state index in [2.05, 4.69) is 0 Å². The van der Waals surface area contributed by atoms with E-state index in [0.717, 1.165) is 0 Å². The molecule has 11 heteroatoms. The van der Waals surface area contributed by atoms with Crippen molar-refractivity contribution in [1.29, 1.82) is 0 Å². The van der Waals surface area contributed by atoms with E-state index in [1.165, 1.54) is 52.7 Å². The summed E-state index contributed by atoms with van der Waals surface area (Å²) < 4.78 is 19.1. The van der Waals surface area contributed by atoms with Gasteiger partial charge in [-0.2, -0.15) is 0 Å². The van der Waals surface area contributed by atoms with Gasteiger partial charge in [0.25, 0.3) is 0 Å². The van der Waals surface area contributed by atoms with Crippen molar-refractivity contribution in [3.63, 3.8) is 0 Å². The van der Waals surface area contributed by atoms with Crippen molar-refractivity contribution >= 4 is 11.9 Å². The van der Waals surface area contributed by atoms with E-state index in [0.29, 0.717) is 0 Å². The Morgan fingerprint density at radius 2 is 0.828 bits per heavy atom. The van der Waals surface area contributed by atoms with Gasteiger partial charge in [0.05, 0.1) is 39.6 Å². The molecule has 0 aliphatic carbocycles. The molecule has 0 aliphatic rings. The van der Waals surface area contributed by atoms with Crippen molar-refractivity contribution < 1.29 is 68.4 Å². The summed E-state index contributed by atoms with van der Waals surface area (Å²) in [6.45, 7) is 0. The summed E-state index contributed by atoms with van der Waals surface area (Å²) in [5.74, 6) is -2.35. The molecule has 2 rings (SSSR count). The number of aromatic carboxylic acids is 2. The molecule has 2 aromatic rings. The number of carboxylic acid groups (broad SMARTS) is 2. The number of carbonyl (C=O) groups is 2. The molecule has 0 atom stereocenters. The van der Waals surface area contributed by atoms with Gasteiger partial charge in [0.1, 0.15) is 0 Å². The average Bonchev–Trinajstić information content (AvgIpc) is 2.68. The van der Waals surface area contributed by atoms with Crippen LogP contribution in [0.4, 0.5) is 0 Å². The number of hydrogen-bond acceptors (Lipinski definition) is 8. The fraction of sp³-hybridized carbons (Fsp3) is 0.222. The van der Waals surface area contributed by atoms with Gasteiger partial charge in [-0.15, -0.1) is 0 Å². The summed E-state index contributed by atoms with van der Waals surface area (Å²) in [4.78, 5) is 21.3. The van der Waals surface area contributed by atoms with Crippen LogP contribution in [0, 0.1) is 0 Å². The van der Waals surface area contributed by atoms with Crippen molar-refractivity contribution in [2.24, 2.45) is 0 Å². The second kappa shape index (κ2) is 11.6. The first-order chi connectivity index (χ1) is 13.2. The van der Waals surface area contributed by atoms with E-state index in [9.17, 15) is 19.8 Å². The number of methoxy groups -OCH3 is 4. The third-order valence-corrected chi connectivity index (χ3v) is 3.45. The minimum atomic E-state index is -1.11. The summed E-state index contributed by atoms with van der Waals surface area (Å²) in [5.41, 5.74) is -0.00648. The maximum Gasteiger partial charge on any atom is 0.335 e. The molecule has 0 spiro atoms. The number of phenols is 2. The van der Waals surface area contributed by atoms with Gasteiger partial charge in [0, 0.05) is 19.5 Å². The summed E-state index contributed by atoms with van der Waals surface area (Å²) in [6.07, 6.45) is 0. The molecule has 29 heavy (non-hydrogen) atoms. The van der Waals surface area contributed by atoms with Crippen molar-refractivity contribution in [3.05, 3.63) is 35.4 Å². The minimum Gasteiger partial charge on any atom is -0.502 e. The Kier molecular flexibility index (Phi) is 10.3. The van der Waals surface area contributed by atoms with Crippen LogP contribution in [0.3, 0.4) is 0 Å². The van der Waals surface area contributed by atoms with Crippen LogP contribution in [-0.2, 0) is 19.5 Å². The first kappa shape index (κ1) is 25.8. The Labute approximate surface area is 179 Å². The van der Waals surface area contributed by atoms with E-state index < -0.39 is 11.9 Å². The minimum absolute atomic E-state index is 0. The predicted molar refractivity (Wildman–Crippen MR) is 96.3 cm³/mol. The molecule has 10 nitrogen and oxygen atoms in total. The number of aromatic hydroxyl groups is 2. The Morgan fingerprint density at radius 1 is 0.621 bits per heavy atom. The van der Waals surface area contributed by atoms with E-state index in [-0.39, 0.29) is 65.1 Å². The van der Waals surface area contributed by atoms with Crippen LogP contribution in [0.1, 0.15) is 20.7 Å². The maximum atomic E-state index is 10.7. The zero-order valence-electron chi connectivity index (χ0n) is 16.3. The normalized spacial score (nSPS) is 9.24. The molecule has 154 valence electrons. The zero-order chi connectivity index (χ0) is 21.4. The molecular formula is C18H20O10Zn. The van der Waals surface area contributed by atoms with Crippen LogP contribution in [-0.4, -0.2) is 60.8 Å². The Balaban J connectivity index is 0.000000523. The maximum absolute atomic E-state index is 10.7. The summed E-state index contributed by atoms with van der Waals surface area (Å²) in [5, 5.41) is 36.3. The fourth-order valence-electron chi connectivity index (χ4n) is 2.03. The molecule has 0 radical (unpaired) electrons. The van der Waals surface area contributed by atoms with Gasteiger partial charge in [0.15, 0.2) is 23.0 Å². The summed E-state index contributed by atoms with van der Waals surface area (Å²) in [7, 11) is 5.33. The SMILES string of the molecule is COc1cc(C(=O)O)cc(OC)c1O.COc1cc(C(=O)O)cc(OC)c1O.[Zn]. The largest absolute Gasteiger partial charge is 0.502 e. The van der Waals surface area contributed by atoms with Gasteiger partial charge in [-0.1, -0.05) is 0 Å². The van der Waals surface area contributed by atoms with Crippen LogP contribution in [0.2, 0.25) is 0 Å². The third kappa shape index (κ3) is 6.43. The van der Waals surface area contributed by atoms with Crippen LogP contribution in [0.25, 0.3) is 0 Å². The van der Waals surface area contributed by atoms with Gasteiger partial charge in [-0.05, 0) is 24.3 Å². The molecule has 2 aromatic carbocycles. The van der Waals surface area contributed by atoms with Crippen molar-refractivity contribution in [3.8, 4) is 34.5 Å². The molecule has 0 heterocycles. The van der Waals surface area contributed by atoms with E-state index in [1.807, 2.05) is 0 Å². The van der Waals surface area contributed by atoms with Crippen LogP contribution >= 0.6 is 0 Å². The van der Waals surface area contributed by atoms with Gasteiger partial charge in [0.2, 0.25) is 11.5 Å². The van der Waals surface area contributed by atoms with E-state index in [4.69, 9.17) is 29.2 Å². The molecule has 0 saturated heterocycles. The van der Waals surface area contributed by atoms with Crippen molar-refractivity contribution in [2.45, 2.75) is 0 Å². The fourth-order valence-corrected chi connectivity index (χ4v) is 2.03. The van der Waals surface area contributed by atoms with Crippen LogP contribution in [0.5, 0.6) is 34.5 Å². The second-order valence-electron chi connectivity index (χ2n) is 5.07. The first-order valence-corrected chi connectivity index (χ1v) is 7.56. The average molecular weight is 462 g/mol.